The Morgan fingerprint density at radius 3 is 2.48 bits per heavy atom. The van der Waals surface area contributed by atoms with Crippen molar-refractivity contribution in [2.45, 2.75) is 56.0 Å². The van der Waals surface area contributed by atoms with Crippen molar-refractivity contribution in [3.05, 3.63) is 66.4 Å². The van der Waals surface area contributed by atoms with E-state index in [1.165, 1.54) is 6.07 Å². The number of fused-ring (bicyclic) bond motifs is 1. The molecule has 1 saturated carbocycles. The van der Waals surface area contributed by atoms with Gasteiger partial charge in [-0.2, -0.15) is 4.72 Å². The van der Waals surface area contributed by atoms with E-state index >= 15 is 0 Å². The van der Waals surface area contributed by atoms with Gasteiger partial charge in [-0.25, -0.2) is 8.42 Å². The van der Waals surface area contributed by atoms with Crippen molar-refractivity contribution in [3.8, 4) is 5.75 Å². The molecular weight excluding hydrogens is 438 g/mol. The number of nitrogens with zero attached hydrogens (tertiary/aromatic N) is 1. The second kappa shape index (κ2) is 9.89. The maximum atomic E-state index is 13.5. The molecule has 7 nitrogen and oxygen atoms in total. The summed E-state index contributed by atoms with van der Waals surface area (Å²) in [5.41, 5.74) is 0.131. The Labute approximate surface area is 194 Å². The molecule has 8 heteroatoms. The van der Waals surface area contributed by atoms with Crippen molar-refractivity contribution in [1.29, 1.82) is 0 Å². The van der Waals surface area contributed by atoms with Crippen LogP contribution in [0.15, 0.2) is 65.7 Å². The van der Waals surface area contributed by atoms with E-state index in [2.05, 4.69) is 15.0 Å². The van der Waals surface area contributed by atoms with Crippen LogP contribution in [0.5, 0.6) is 5.75 Å². The Balaban J connectivity index is 1.55. The molecule has 1 aliphatic rings. The topological polar surface area (TPSA) is 97.4 Å². The Morgan fingerprint density at radius 1 is 1.03 bits per heavy atom. The molecule has 2 aromatic carbocycles. The molecule has 0 radical (unpaired) electrons. The fourth-order valence-electron chi connectivity index (χ4n) is 4.36. The van der Waals surface area contributed by atoms with Gasteiger partial charge in [0, 0.05) is 18.1 Å². The zero-order valence-corrected chi connectivity index (χ0v) is 19.5. The third kappa shape index (κ3) is 5.17. The third-order valence-corrected chi connectivity index (χ3v) is 7.61. The summed E-state index contributed by atoms with van der Waals surface area (Å²) in [5.74, 6) is 0.473. The zero-order valence-electron chi connectivity index (χ0n) is 18.7. The minimum atomic E-state index is -3.97. The van der Waals surface area contributed by atoms with Crippen LogP contribution in [-0.2, 0) is 21.4 Å². The second-order valence-corrected chi connectivity index (χ2v) is 9.99. The normalized spacial score (nSPS) is 15.8. The minimum absolute atomic E-state index is 0.0878. The van der Waals surface area contributed by atoms with Crippen LogP contribution < -0.4 is 14.8 Å². The molecular formula is C25H29N3O4S. The van der Waals surface area contributed by atoms with Crippen molar-refractivity contribution in [1.82, 2.24) is 15.0 Å². The van der Waals surface area contributed by atoms with Crippen LogP contribution in [0.2, 0.25) is 0 Å². The van der Waals surface area contributed by atoms with Crippen LogP contribution in [0.3, 0.4) is 0 Å². The molecule has 0 atom stereocenters. The summed E-state index contributed by atoms with van der Waals surface area (Å²) < 4.78 is 35.1. The Morgan fingerprint density at radius 2 is 1.76 bits per heavy atom. The molecule has 0 aliphatic heterocycles. The first-order valence-corrected chi connectivity index (χ1v) is 12.8. The lowest BCUT2D eigenvalue weighted by atomic mass is 9.82. The summed E-state index contributed by atoms with van der Waals surface area (Å²) in [4.78, 5) is 17.7. The number of hydrogen-bond acceptors (Lipinski definition) is 5. The van der Waals surface area contributed by atoms with Crippen molar-refractivity contribution in [2.24, 2.45) is 0 Å². The van der Waals surface area contributed by atoms with Gasteiger partial charge in [0.2, 0.25) is 15.9 Å². The van der Waals surface area contributed by atoms with E-state index in [1.807, 2.05) is 43.3 Å². The van der Waals surface area contributed by atoms with Crippen LogP contribution in [0.1, 0.15) is 44.6 Å². The molecule has 1 amide bonds. The molecule has 4 rings (SSSR count). The number of aromatic nitrogens is 1. The van der Waals surface area contributed by atoms with Crippen molar-refractivity contribution >= 4 is 26.8 Å². The second-order valence-electron chi connectivity index (χ2n) is 8.34. The Kier molecular flexibility index (Phi) is 6.95. The number of benzene rings is 2. The molecule has 174 valence electrons. The maximum Gasteiger partial charge on any atom is 0.243 e. The number of para-hydroxylation sites is 1. The molecule has 1 fully saturated rings. The summed E-state index contributed by atoms with van der Waals surface area (Å²) in [7, 11) is -3.97. The molecule has 0 spiro atoms. The average molecular weight is 468 g/mol. The fraction of sp³-hybridized carbons (Fsp3) is 0.360. The smallest absolute Gasteiger partial charge is 0.243 e. The molecule has 1 aliphatic carbocycles. The number of carbonyl (C=O) groups is 1. The number of rotatable bonds is 8. The number of ether oxygens (including phenoxy) is 1. The highest BCUT2D eigenvalue weighted by atomic mass is 32.2. The standard InChI is InChI=1S/C25H29N3O4S/c1-2-32-21-13-11-19(12-14-21)18-27-24(29)25(15-4-3-5-16-25)28-33(30,31)22-10-6-8-20-9-7-17-26-23(20)22/h6-14,17,28H,2-5,15-16,18H2,1H3,(H,27,29). The van der Waals surface area contributed by atoms with Gasteiger partial charge in [-0.15, -0.1) is 0 Å². The Bertz CT molecular complexity index is 1210. The van der Waals surface area contributed by atoms with Gasteiger partial charge in [-0.3, -0.25) is 9.78 Å². The van der Waals surface area contributed by atoms with Crippen LogP contribution in [0, 0.1) is 0 Å². The van der Waals surface area contributed by atoms with Crippen molar-refractivity contribution in [3.63, 3.8) is 0 Å². The van der Waals surface area contributed by atoms with E-state index in [1.54, 1.807) is 18.3 Å². The van der Waals surface area contributed by atoms with Gasteiger partial charge >= 0.3 is 0 Å². The summed E-state index contributed by atoms with van der Waals surface area (Å²) in [6.45, 7) is 2.82. The van der Waals surface area contributed by atoms with Gasteiger partial charge in [0.1, 0.15) is 16.2 Å². The van der Waals surface area contributed by atoms with Gasteiger partial charge in [0.05, 0.1) is 12.1 Å². The quantitative estimate of drug-likeness (QED) is 0.523. The van der Waals surface area contributed by atoms with E-state index in [9.17, 15) is 13.2 Å². The highest BCUT2D eigenvalue weighted by Crippen LogP contribution is 2.31. The van der Waals surface area contributed by atoms with Gasteiger partial charge in [-0.05, 0) is 49.6 Å². The van der Waals surface area contributed by atoms with Gasteiger partial charge in [0.15, 0.2) is 0 Å². The monoisotopic (exact) mass is 467 g/mol. The number of hydrogen-bond donors (Lipinski definition) is 2. The summed E-state index contributed by atoms with van der Waals surface area (Å²) in [6, 6.07) is 16.1. The Hall–Kier alpha value is -2.97. The predicted molar refractivity (Wildman–Crippen MR) is 127 cm³/mol. The first-order chi connectivity index (χ1) is 15.9. The maximum absolute atomic E-state index is 13.5. The van der Waals surface area contributed by atoms with Gasteiger partial charge in [0.25, 0.3) is 0 Å². The summed E-state index contributed by atoms with van der Waals surface area (Å²) in [6.07, 6.45) is 5.03. The van der Waals surface area contributed by atoms with Crippen molar-refractivity contribution < 1.29 is 17.9 Å². The van der Waals surface area contributed by atoms with Gasteiger partial charge in [-0.1, -0.05) is 49.6 Å². The van der Waals surface area contributed by atoms with E-state index < -0.39 is 15.6 Å². The van der Waals surface area contributed by atoms with Crippen molar-refractivity contribution in [2.75, 3.05) is 6.61 Å². The molecule has 3 aromatic rings. The first-order valence-electron chi connectivity index (χ1n) is 11.3. The molecule has 1 heterocycles. The number of carbonyl (C=O) groups excluding carboxylic acids is 1. The lowest BCUT2D eigenvalue weighted by Gasteiger charge is -2.36. The van der Waals surface area contributed by atoms with E-state index in [-0.39, 0.29) is 10.8 Å². The lowest BCUT2D eigenvalue weighted by molar-refractivity contribution is -0.128. The van der Waals surface area contributed by atoms with E-state index in [0.29, 0.717) is 31.5 Å². The minimum Gasteiger partial charge on any atom is -0.494 e. The molecule has 2 N–H and O–H groups in total. The van der Waals surface area contributed by atoms with Crippen LogP contribution in [0.4, 0.5) is 0 Å². The molecule has 0 saturated heterocycles. The number of pyridine rings is 1. The third-order valence-electron chi connectivity index (χ3n) is 6.04. The summed E-state index contributed by atoms with van der Waals surface area (Å²) >= 11 is 0. The average Bonchev–Trinajstić information content (AvgIpc) is 2.83. The molecule has 0 bridgehead atoms. The molecule has 33 heavy (non-hydrogen) atoms. The van der Waals surface area contributed by atoms with E-state index in [4.69, 9.17) is 4.74 Å². The zero-order chi connectivity index (χ0) is 23.3. The van der Waals surface area contributed by atoms with Gasteiger partial charge < -0.3 is 10.1 Å². The molecule has 0 unspecified atom stereocenters. The largest absolute Gasteiger partial charge is 0.494 e. The molecule has 1 aromatic heterocycles. The fourth-order valence-corrected chi connectivity index (χ4v) is 5.96. The van der Waals surface area contributed by atoms with Crippen LogP contribution in [-0.4, -0.2) is 31.5 Å². The highest BCUT2D eigenvalue weighted by molar-refractivity contribution is 7.89. The number of nitrogens with one attached hydrogen (secondary N) is 2. The highest BCUT2D eigenvalue weighted by Gasteiger charge is 2.43. The summed E-state index contributed by atoms with van der Waals surface area (Å²) in [5, 5.41) is 3.68. The lowest BCUT2D eigenvalue weighted by Crippen LogP contribution is -2.59. The van der Waals surface area contributed by atoms with E-state index in [0.717, 1.165) is 36.0 Å². The number of amides is 1. The van der Waals surface area contributed by atoms with Crippen LogP contribution >= 0.6 is 0 Å². The van der Waals surface area contributed by atoms with Crippen LogP contribution in [0.25, 0.3) is 10.9 Å². The SMILES string of the molecule is CCOc1ccc(CNC(=O)C2(NS(=O)(=O)c3cccc4cccnc34)CCCCC2)cc1. The first kappa shape index (κ1) is 23.2. The number of sulfonamides is 1. The predicted octanol–water partition coefficient (Wildman–Crippen LogP) is 3.93.